The van der Waals surface area contributed by atoms with Crippen LogP contribution >= 0.6 is 0 Å². The minimum Gasteiger partial charge on any atom is -0.499 e. The second kappa shape index (κ2) is 6.50. The molecule has 1 radical (unpaired) electrons. The van der Waals surface area contributed by atoms with Gasteiger partial charge in [-0.2, -0.15) is 0 Å². The molecule has 0 aliphatic rings. The Hall–Kier alpha value is -0.500. The summed E-state index contributed by atoms with van der Waals surface area (Å²) in [5.74, 6) is 0. The normalized spacial score (nSPS) is 8.62. The maximum atomic E-state index is 4.84. The molecule has 0 atom stereocenters. The second-order valence-corrected chi connectivity index (χ2v) is 1.14. The van der Waals surface area contributed by atoms with Gasteiger partial charge in [-0.15, -0.1) is 0 Å². The van der Waals surface area contributed by atoms with Crippen LogP contribution in [0, 0.1) is 6.61 Å². The van der Waals surface area contributed by atoms with E-state index < -0.39 is 0 Å². The summed E-state index contributed by atoms with van der Waals surface area (Å²) in [7, 11) is 0. The van der Waals surface area contributed by atoms with E-state index in [9.17, 15) is 0 Å². The van der Waals surface area contributed by atoms with Gasteiger partial charge in [0.1, 0.15) is 6.61 Å². The molecular weight excluding hydrogens is 104 g/mol. The van der Waals surface area contributed by atoms with Crippen molar-refractivity contribution in [3.63, 3.8) is 0 Å². The fourth-order valence-electron chi connectivity index (χ4n) is 0.297. The SMILES string of the molecule is C=COCCO[CH]C. The highest BCUT2D eigenvalue weighted by Gasteiger charge is 1.80. The highest BCUT2D eigenvalue weighted by atomic mass is 16.5. The van der Waals surface area contributed by atoms with Gasteiger partial charge in [-0.25, -0.2) is 0 Å². The van der Waals surface area contributed by atoms with Crippen LogP contribution in [0.15, 0.2) is 12.8 Å². The van der Waals surface area contributed by atoms with Crippen LogP contribution in [-0.2, 0) is 9.47 Å². The Morgan fingerprint density at radius 1 is 1.38 bits per heavy atom. The predicted octanol–water partition coefficient (Wildman–Crippen LogP) is 1.34. The first-order valence-corrected chi connectivity index (χ1v) is 2.53. The van der Waals surface area contributed by atoms with Gasteiger partial charge in [-0.05, 0) is 6.92 Å². The van der Waals surface area contributed by atoms with Crippen LogP contribution in [-0.4, -0.2) is 13.2 Å². The Balaban J connectivity index is 2.62. The number of hydrogen-bond acceptors (Lipinski definition) is 2. The number of ether oxygens (including phenoxy) is 2. The standard InChI is InChI=1S/C6H11O2/c1-3-7-5-6-8-4-2/h3-4H,1,5-6H2,2H3. The Morgan fingerprint density at radius 3 is 2.50 bits per heavy atom. The summed E-state index contributed by atoms with van der Waals surface area (Å²) >= 11 is 0. The summed E-state index contributed by atoms with van der Waals surface area (Å²) in [5, 5.41) is 0. The zero-order valence-corrected chi connectivity index (χ0v) is 5.09. The molecule has 0 saturated carbocycles. The van der Waals surface area contributed by atoms with E-state index in [1.165, 1.54) is 6.26 Å². The molecule has 0 spiro atoms. The van der Waals surface area contributed by atoms with Crippen molar-refractivity contribution in [2.24, 2.45) is 0 Å². The molecule has 0 aliphatic carbocycles. The lowest BCUT2D eigenvalue weighted by Crippen LogP contribution is -1.97. The lowest BCUT2D eigenvalue weighted by Gasteiger charge is -1.97. The molecule has 0 saturated heterocycles. The van der Waals surface area contributed by atoms with Crippen molar-refractivity contribution in [2.45, 2.75) is 6.92 Å². The van der Waals surface area contributed by atoms with Crippen LogP contribution in [0.25, 0.3) is 0 Å². The Labute approximate surface area is 50.1 Å². The van der Waals surface area contributed by atoms with E-state index in [2.05, 4.69) is 6.58 Å². The van der Waals surface area contributed by atoms with E-state index in [0.29, 0.717) is 13.2 Å². The molecule has 0 rings (SSSR count). The first-order valence-electron chi connectivity index (χ1n) is 2.53. The van der Waals surface area contributed by atoms with E-state index in [-0.39, 0.29) is 0 Å². The summed E-state index contributed by atoms with van der Waals surface area (Å²) in [4.78, 5) is 0. The van der Waals surface area contributed by atoms with Gasteiger partial charge in [-0.3, -0.25) is 0 Å². The highest BCUT2D eigenvalue weighted by molar-refractivity contribution is 4.48. The van der Waals surface area contributed by atoms with E-state index in [4.69, 9.17) is 9.47 Å². The molecule has 0 heterocycles. The van der Waals surface area contributed by atoms with Gasteiger partial charge in [-0.1, -0.05) is 6.58 Å². The fraction of sp³-hybridized carbons (Fsp3) is 0.500. The molecule has 0 N–H and O–H groups in total. The van der Waals surface area contributed by atoms with Crippen molar-refractivity contribution >= 4 is 0 Å². The molecule has 0 unspecified atom stereocenters. The molecule has 0 bridgehead atoms. The molecule has 2 heteroatoms. The first kappa shape index (κ1) is 7.50. The minimum absolute atomic E-state index is 0.577. The molecule has 0 fully saturated rings. The van der Waals surface area contributed by atoms with Crippen LogP contribution in [0.1, 0.15) is 6.92 Å². The van der Waals surface area contributed by atoms with Crippen molar-refractivity contribution in [3.05, 3.63) is 19.4 Å². The van der Waals surface area contributed by atoms with E-state index in [1.54, 1.807) is 6.61 Å². The maximum Gasteiger partial charge on any atom is 0.111 e. The van der Waals surface area contributed by atoms with Crippen molar-refractivity contribution in [1.82, 2.24) is 0 Å². The van der Waals surface area contributed by atoms with Gasteiger partial charge in [0.25, 0.3) is 0 Å². The topological polar surface area (TPSA) is 18.5 Å². The second-order valence-electron chi connectivity index (χ2n) is 1.14. The number of hydrogen-bond donors (Lipinski definition) is 0. The smallest absolute Gasteiger partial charge is 0.111 e. The van der Waals surface area contributed by atoms with E-state index >= 15 is 0 Å². The maximum absolute atomic E-state index is 4.84. The molecule has 0 aromatic carbocycles. The van der Waals surface area contributed by atoms with Crippen LogP contribution in [0.2, 0.25) is 0 Å². The van der Waals surface area contributed by atoms with Crippen molar-refractivity contribution in [3.8, 4) is 0 Å². The van der Waals surface area contributed by atoms with Gasteiger partial charge >= 0.3 is 0 Å². The molecule has 47 valence electrons. The summed E-state index contributed by atoms with van der Waals surface area (Å²) in [5.41, 5.74) is 0. The zero-order chi connectivity index (χ0) is 6.24. The first-order chi connectivity index (χ1) is 3.91. The molecule has 0 aromatic heterocycles. The quantitative estimate of drug-likeness (QED) is 0.397. The molecule has 0 amide bonds. The Bertz CT molecular complexity index is 52.5. The molecular formula is C6H11O2. The molecule has 0 aromatic rings. The summed E-state index contributed by atoms with van der Waals surface area (Å²) in [6.45, 7) is 8.01. The van der Waals surface area contributed by atoms with Crippen LogP contribution in [0.5, 0.6) is 0 Å². The summed E-state index contributed by atoms with van der Waals surface area (Å²) in [6.07, 6.45) is 1.40. The monoisotopic (exact) mass is 115 g/mol. The van der Waals surface area contributed by atoms with Crippen molar-refractivity contribution in [1.29, 1.82) is 0 Å². The van der Waals surface area contributed by atoms with Gasteiger partial charge in [0.15, 0.2) is 0 Å². The number of rotatable bonds is 5. The van der Waals surface area contributed by atoms with Crippen LogP contribution in [0.3, 0.4) is 0 Å². The molecule has 8 heavy (non-hydrogen) atoms. The fourth-order valence-corrected chi connectivity index (χ4v) is 0.297. The third-order valence-corrected chi connectivity index (χ3v) is 0.604. The van der Waals surface area contributed by atoms with Crippen LogP contribution < -0.4 is 0 Å². The predicted molar refractivity (Wildman–Crippen MR) is 32.1 cm³/mol. The van der Waals surface area contributed by atoms with E-state index in [1.807, 2.05) is 6.92 Å². The Kier molecular flexibility index (Phi) is 6.09. The van der Waals surface area contributed by atoms with Gasteiger partial charge < -0.3 is 9.47 Å². The van der Waals surface area contributed by atoms with Crippen molar-refractivity contribution < 1.29 is 9.47 Å². The lowest BCUT2D eigenvalue weighted by molar-refractivity contribution is 0.128. The van der Waals surface area contributed by atoms with Gasteiger partial charge in [0.05, 0.1) is 19.5 Å². The van der Waals surface area contributed by atoms with E-state index in [0.717, 1.165) is 0 Å². The van der Waals surface area contributed by atoms with Crippen molar-refractivity contribution in [2.75, 3.05) is 13.2 Å². The third kappa shape index (κ3) is 5.50. The molecule has 0 aliphatic heterocycles. The highest BCUT2D eigenvalue weighted by Crippen LogP contribution is 1.79. The summed E-state index contributed by atoms with van der Waals surface area (Å²) in [6, 6.07) is 0. The van der Waals surface area contributed by atoms with Gasteiger partial charge in [0.2, 0.25) is 0 Å². The average Bonchev–Trinajstić information content (AvgIpc) is 1.81. The summed E-state index contributed by atoms with van der Waals surface area (Å²) < 4.78 is 9.59. The van der Waals surface area contributed by atoms with Gasteiger partial charge in [0, 0.05) is 0 Å². The largest absolute Gasteiger partial charge is 0.499 e. The minimum atomic E-state index is 0.577. The average molecular weight is 115 g/mol. The molecule has 2 nitrogen and oxygen atoms in total. The third-order valence-electron chi connectivity index (χ3n) is 0.604. The van der Waals surface area contributed by atoms with Crippen LogP contribution in [0.4, 0.5) is 0 Å². The Morgan fingerprint density at radius 2 is 2.00 bits per heavy atom. The zero-order valence-electron chi connectivity index (χ0n) is 5.09. The lowest BCUT2D eigenvalue weighted by atomic mass is 10.7.